The van der Waals surface area contributed by atoms with Gasteiger partial charge < -0.3 is 15.7 Å². The van der Waals surface area contributed by atoms with Crippen molar-refractivity contribution < 1.29 is 5.11 Å². The summed E-state index contributed by atoms with van der Waals surface area (Å²) in [5, 5.41) is 9.35. The number of nitrogens with two attached hydrogens (primary N) is 1. The Morgan fingerprint density at radius 2 is 1.93 bits per heavy atom. The Bertz CT molecular complexity index is 308. The first kappa shape index (κ1) is 11.9. The summed E-state index contributed by atoms with van der Waals surface area (Å²) in [6, 6.07) is 5.13. The minimum atomic E-state index is 0.291. The molecule has 3 nitrogen and oxygen atoms in total. The second kappa shape index (κ2) is 5.61. The van der Waals surface area contributed by atoms with Crippen molar-refractivity contribution in [2.45, 2.75) is 20.3 Å². The van der Waals surface area contributed by atoms with E-state index in [-0.39, 0.29) is 0 Å². The maximum Gasteiger partial charge on any atom is 0.116 e. The average Bonchev–Trinajstić information content (AvgIpc) is 2.24. The second-order valence-electron chi connectivity index (χ2n) is 3.66. The van der Waals surface area contributed by atoms with Crippen molar-refractivity contribution in [1.82, 2.24) is 4.90 Å². The number of nitrogen functional groups attached to an aromatic ring is 1. The van der Waals surface area contributed by atoms with Gasteiger partial charge in [0.2, 0.25) is 0 Å². The van der Waals surface area contributed by atoms with Gasteiger partial charge in [-0.2, -0.15) is 0 Å². The minimum Gasteiger partial charge on any atom is -0.508 e. The summed E-state index contributed by atoms with van der Waals surface area (Å²) in [6.45, 7) is 7.38. The van der Waals surface area contributed by atoms with E-state index >= 15 is 0 Å². The van der Waals surface area contributed by atoms with Crippen LogP contribution in [0.25, 0.3) is 0 Å². The molecule has 0 aliphatic rings. The number of hydrogen-bond donors (Lipinski definition) is 2. The van der Waals surface area contributed by atoms with Gasteiger partial charge in [-0.05, 0) is 43.3 Å². The number of rotatable bonds is 5. The van der Waals surface area contributed by atoms with E-state index in [4.69, 9.17) is 5.73 Å². The summed E-state index contributed by atoms with van der Waals surface area (Å²) in [5.74, 6) is 0.291. The van der Waals surface area contributed by atoms with E-state index in [0.29, 0.717) is 5.75 Å². The summed E-state index contributed by atoms with van der Waals surface area (Å²) >= 11 is 0. The van der Waals surface area contributed by atoms with Crippen molar-refractivity contribution in [3.05, 3.63) is 23.8 Å². The van der Waals surface area contributed by atoms with Crippen LogP contribution in [0.4, 0.5) is 5.69 Å². The number of hydrogen-bond acceptors (Lipinski definition) is 3. The zero-order valence-corrected chi connectivity index (χ0v) is 9.53. The highest BCUT2D eigenvalue weighted by Crippen LogP contribution is 2.19. The molecule has 1 aromatic carbocycles. The third kappa shape index (κ3) is 3.44. The predicted molar refractivity (Wildman–Crippen MR) is 64.0 cm³/mol. The molecule has 0 bridgehead atoms. The molecule has 3 heteroatoms. The van der Waals surface area contributed by atoms with Gasteiger partial charge in [0.25, 0.3) is 0 Å². The molecule has 0 amide bonds. The van der Waals surface area contributed by atoms with Gasteiger partial charge >= 0.3 is 0 Å². The summed E-state index contributed by atoms with van der Waals surface area (Å²) < 4.78 is 0. The Balaban J connectivity index is 2.60. The minimum absolute atomic E-state index is 0.291. The lowest BCUT2D eigenvalue weighted by molar-refractivity contribution is 0.308. The van der Waals surface area contributed by atoms with E-state index in [2.05, 4.69) is 18.7 Å². The third-order valence-electron chi connectivity index (χ3n) is 2.72. The van der Waals surface area contributed by atoms with Gasteiger partial charge in [0.05, 0.1) is 0 Å². The van der Waals surface area contributed by atoms with Crippen LogP contribution in [0.2, 0.25) is 0 Å². The fourth-order valence-corrected chi connectivity index (χ4v) is 1.63. The third-order valence-corrected chi connectivity index (χ3v) is 2.72. The molecule has 1 aromatic rings. The van der Waals surface area contributed by atoms with E-state index in [0.717, 1.165) is 37.3 Å². The lowest BCUT2D eigenvalue weighted by atomic mass is 10.1. The molecule has 0 saturated carbocycles. The van der Waals surface area contributed by atoms with Crippen molar-refractivity contribution in [2.24, 2.45) is 0 Å². The average molecular weight is 208 g/mol. The molecular formula is C12H20N2O. The molecule has 84 valence electrons. The molecule has 0 unspecified atom stereocenters. The van der Waals surface area contributed by atoms with Crippen LogP contribution in [0.3, 0.4) is 0 Å². The Hall–Kier alpha value is -1.22. The van der Waals surface area contributed by atoms with Gasteiger partial charge in [0.15, 0.2) is 0 Å². The van der Waals surface area contributed by atoms with Crippen molar-refractivity contribution in [3.63, 3.8) is 0 Å². The molecule has 0 aliphatic heterocycles. The lowest BCUT2D eigenvalue weighted by Gasteiger charge is -2.18. The van der Waals surface area contributed by atoms with Gasteiger partial charge in [-0.3, -0.25) is 0 Å². The van der Waals surface area contributed by atoms with Gasteiger partial charge in [0.1, 0.15) is 5.75 Å². The van der Waals surface area contributed by atoms with E-state index in [9.17, 15) is 5.11 Å². The number of nitrogens with zero attached hydrogens (tertiary/aromatic N) is 1. The largest absolute Gasteiger partial charge is 0.508 e. The van der Waals surface area contributed by atoms with Crippen LogP contribution in [-0.4, -0.2) is 29.6 Å². The Labute approximate surface area is 91.5 Å². The number of phenols is 1. The maximum atomic E-state index is 9.35. The first-order valence-electron chi connectivity index (χ1n) is 5.47. The normalized spacial score (nSPS) is 10.9. The first-order chi connectivity index (χ1) is 7.17. The fraction of sp³-hybridized carbons (Fsp3) is 0.500. The quantitative estimate of drug-likeness (QED) is 0.573. The Kier molecular flexibility index (Phi) is 4.43. The van der Waals surface area contributed by atoms with E-state index in [1.807, 2.05) is 0 Å². The molecule has 0 aromatic heterocycles. The van der Waals surface area contributed by atoms with Crippen molar-refractivity contribution >= 4 is 5.69 Å². The molecule has 0 atom stereocenters. The predicted octanol–water partition coefficient (Wildman–Crippen LogP) is 1.86. The molecule has 0 aliphatic carbocycles. The molecule has 0 saturated heterocycles. The molecule has 0 heterocycles. The van der Waals surface area contributed by atoms with Crippen molar-refractivity contribution in [3.8, 4) is 5.75 Å². The Morgan fingerprint density at radius 3 is 2.53 bits per heavy atom. The maximum absolute atomic E-state index is 9.35. The van der Waals surface area contributed by atoms with Crippen molar-refractivity contribution in [2.75, 3.05) is 25.4 Å². The number of benzene rings is 1. The highest BCUT2D eigenvalue weighted by molar-refractivity contribution is 5.50. The second-order valence-corrected chi connectivity index (χ2v) is 3.66. The van der Waals surface area contributed by atoms with Crippen LogP contribution < -0.4 is 5.73 Å². The van der Waals surface area contributed by atoms with Crippen LogP contribution in [0, 0.1) is 0 Å². The van der Waals surface area contributed by atoms with Gasteiger partial charge in [-0.15, -0.1) is 0 Å². The summed E-state index contributed by atoms with van der Waals surface area (Å²) in [4.78, 5) is 2.34. The number of likely N-dealkylation sites (N-methyl/N-ethyl adjacent to an activating group) is 1. The topological polar surface area (TPSA) is 49.5 Å². The highest BCUT2D eigenvalue weighted by atomic mass is 16.3. The van der Waals surface area contributed by atoms with E-state index in [1.54, 1.807) is 18.2 Å². The lowest BCUT2D eigenvalue weighted by Crippen LogP contribution is -2.25. The molecular weight excluding hydrogens is 188 g/mol. The van der Waals surface area contributed by atoms with E-state index < -0.39 is 0 Å². The molecule has 15 heavy (non-hydrogen) atoms. The summed E-state index contributed by atoms with van der Waals surface area (Å²) in [6.07, 6.45) is 0.891. The summed E-state index contributed by atoms with van der Waals surface area (Å²) in [7, 11) is 0. The SMILES string of the molecule is CCN(CC)CCc1cc(O)ccc1N. The molecule has 0 spiro atoms. The van der Waals surface area contributed by atoms with Crippen LogP contribution in [0.5, 0.6) is 5.75 Å². The standard InChI is InChI=1S/C12H20N2O/c1-3-14(4-2)8-7-10-9-11(15)5-6-12(10)13/h5-6,9,15H,3-4,7-8,13H2,1-2H3. The zero-order valence-electron chi connectivity index (χ0n) is 9.53. The molecule has 0 radical (unpaired) electrons. The molecule has 1 rings (SSSR count). The van der Waals surface area contributed by atoms with Gasteiger partial charge in [0, 0.05) is 12.2 Å². The first-order valence-corrected chi connectivity index (χ1v) is 5.47. The Morgan fingerprint density at radius 1 is 1.27 bits per heavy atom. The smallest absolute Gasteiger partial charge is 0.116 e. The monoisotopic (exact) mass is 208 g/mol. The van der Waals surface area contributed by atoms with Crippen LogP contribution in [-0.2, 0) is 6.42 Å². The fourth-order valence-electron chi connectivity index (χ4n) is 1.63. The number of aromatic hydroxyl groups is 1. The van der Waals surface area contributed by atoms with E-state index in [1.165, 1.54) is 0 Å². The molecule has 0 fully saturated rings. The van der Waals surface area contributed by atoms with Gasteiger partial charge in [-0.1, -0.05) is 13.8 Å². The zero-order chi connectivity index (χ0) is 11.3. The highest BCUT2D eigenvalue weighted by Gasteiger charge is 2.03. The summed E-state index contributed by atoms with van der Waals surface area (Å²) in [5.41, 5.74) is 7.62. The van der Waals surface area contributed by atoms with Crippen LogP contribution in [0.15, 0.2) is 18.2 Å². The van der Waals surface area contributed by atoms with Crippen LogP contribution in [0.1, 0.15) is 19.4 Å². The molecule has 3 N–H and O–H groups in total. The van der Waals surface area contributed by atoms with Crippen LogP contribution >= 0.6 is 0 Å². The van der Waals surface area contributed by atoms with Crippen molar-refractivity contribution in [1.29, 1.82) is 0 Å². The number of phenolic OH excluding ortho intramolecular Hbond substituents is 1. The van der Waals surface area contributed by atoms with Gasteiger partial charge in [-0.25, -0.2) is 0 Å². The number of anilines is 1.